The molecule has 0 saturated heterocycles. The van der Waals surface area contributed by atoms with E-state index >= 15 is 0 Å². The number of anilines is 1. The molecule has 0 unspecified atom stereocenters. The molecule has 0 aliphatic heterocycles. The van der Waals surface area contributed by atoms with Gasteiger partial charge < -0.3 is 5.32 Å². The fourth-order valence-electron chi connectivity index (χ4n) is 1.88. The minimum Gasteiger partial charge on any atom is -0.313 e. The second-order valence-corrected chi connectivity index (χ2v) is 6.00. The van der Waals surface area contributed by atoms with Crippen molar-refractivity contribution in [2.24, 2.45) is 0 Å². The summed E-state index contributed by atoms with van der Waals surface area (Å²) in [5, 5.41) is 22.9. The van der Waals surface area contributed by atoms with Crippen LogP contribution >= 0.6 is 11.3 Å². The summed E-state index contributed by atoms with van der Waals surface area (Å²) in [5.41, 5.74) is 2.01. The van der Waals surface area contributed by atoms with Crippen molar-refractivity contribution in [3.8, 4) is 6.07 Å². The number of nitriles is 1. The lowest BCUT2D eigenvalue weighted by molar-refractivity contribution is -0.384. The van der Waals surface area contributed by atoms with Crippen LogP contribution in [-0.2, 0) is 4.79 Å². The molecule has 1 heterocycles. The van der Waals surface area contributed by atoms with Gasteiger partial charge in [0.25, 0.3) is 5.69 Å². The summed E-state index contributed by atoms with van der Waals surface area (Å²) in [6.07, 6.45) is 2.88. The van der Waals surface area contributed by atoms with Crippen LogP contribution in [0.15, 0.2) is 30.3 Å². The molecule has 1 aromatic carbocycles. The van der Waals surface area contributed by atoms with E-state index in [1.807, 2.05) is 13.8 Å². The second-order valence-electron chi connectivity index (χ2n) is 4.77. The largest absolute Gasteiger partial charge is 0.313 e. The number of non-ortho nitro benzene ring substituents is 1. The Kier molecular flexibility index (Phi) is 4.88. The van der Waals surface area contributed by atoms with Gasteiger partial charge in [-0.1, -0.05) is 0 Å². The first-order valence-corrected chi connectivity index (χ1v) is 7.47. The lowest BCUT2D eigenvalue weighted by Crippen LogP contribution is -2.07. The van der Waals surface area contributed by atoms with Crippen molar-refractivity contribution >= 4 is 34.0 Å². The van der Waals surface area contributed by atoms with Crippen LogP contribution in [0.4, 0.5) is 10.7 Å². The lowest BCUT2D eigenvalue weighted by Gasteiger charge is -1.99. The Hall–Kier alpha value is -2.98. The average Bonchev–Trinajstić information content (AvgIpc) is 2.79. The van der Waals surface area contributed by atoms with Gasteiger partial charge in [-0.3, -0.25) is 14.9 Å². The number of benzene rings is 1. The number of thiophene rings is 1. The molecular formula is C16H13N3O3S. The molecule has 6 nitrogen and oxygen atoms in total. The predicted molar refractivity (Wildman–Crippen MR) is 89.3 cm³/mol. The van der Waals surface area contributed by atoms with Crippen molar-refractivity contribution in [1.29, 1.82) is 5.26 Å². The van der Waals surface area contributed by atoms with E-state index in [2.05, 4.69) is 11.4 Å². The minimum atomic E-state index is -0.481. The van der Waals surface area contributed by atoms with E-state index in [9.17, 15) is 14.9 Å². The van der Waals surface area contributed by atoms with Gasteiger partial charge in [0.05, 0.1) is 10.5 Å². The van der Waals surface area contributed by atoms with Crippen molar-refractivity contribution in [3.05, 3.63) is 62.0 Å². The maximum Gasteiger partial charge on any atom is 0.269 e. The molecule has 0 bridgehead atoms. The third-order valence-electron chi connectivity index (χ3n) is 3.26. The molecule has 116 valence electrons. The van der Waals surface area contributed by atoms with Gasteiger partial charge in [0.2, 0.25) is 5.91 Å². The van der Waals surface area contributed by atoms with Crippen molar-refractivity contribution in [1.82, 2.24) is 0 Å². The Morgan fingerprint density at radius 3 is 2.57 bits per heavy atom. The van der Waals surface area contributed by atoms with Gasteiger partial charge in [-0.25, -0.2) is 0 Å². The first-order chi connectivity index (χ1) is 10.9. The first-order valence-electron chi connectivity index (χ1n) is 6.66. The number of nitro groups is 1. The van der Waals surface area contributed by atoms with E-state index in [0.717, 1.165) is 10.4 Å². The van der Waals surface area contributed by atoms with Crippen molar-refractivity contribution < 1.29 is 9.72 Å². The van der Waals surface area contributed by atoms with Crippen LogP contribution in [0.5, 0.6) is 0 Å². The monoisotopic (exact) mass is 327 g/mol. The number of amides is 1. The van der Waals surface area contributed by atoms with E-state index < -0.39 is 4.92 Å². The molecular weight excluding hydrogens is 314 g/mol. The minimum absolute atomic E-state index is 0.00482. The van der Waals surface area contributed by atoms with Crippen LogP contribution in [0.2, 0.25) is 0 Å². The highest BCUT2D eigenvalue weighted by molar-refractivity contribution is 7.16. The smallest absolute Gasteiger partial charge is 0.269 e. The fourth-order valence-corrected chi connectivity index (χ4v) is 2.90. The Bertz CT molecular complexity index is 829. The molecule has 0 radical (unpaired) electrons. The third kappa shape index (κ3) is 3.81. The number of carbonyl (C=O) groups is 1. The topological polar surface area (TPSA) is 96.0 Å². The molecule has 7 heteroatoms. The van der Waals surface area contributed by atoms with Gasteiger partial charge in [-0.2, -0.15) is 5.26 Å². The highest BCUT2D eigenvalue weighted by Gasteiger charge is 2.13. The third-order valence-corrected chi connectivity index (χ3v) is 4.39. The highest BCUT2D eigenvalue weighted by Crippen LogP contribution is 2.31. The summed E-state index contributed by atoms with van der Waals surface area (Å²) in [6, 6.07) is 7.95. The van der Waals surface area contributed by atoms with Gasteiger partial charge in [0, 0.05) is 23.1 Å². The molecule has 2 rings (SSSR count). The van der Waals surface area contributed by atoms with E-state index in [0.29, 0.717) is 16.1 Å². The van der Waals surface area contributed by atoms with Gasteiger partial charge >= 0.3 is 0 Å². The van der Waals surface area contributed by atoms with Crippen molar-refractivity contribution in [3.63, 3.8) is 0 Å². The number of nitrogens with zero attached hydrogens (tertiary/aromatic N) is 2. The quantitative estimate of drug-likeness (QED) is 0.525. The Balaban J connectivity index is 2.09. The number of nitrogens with one attached hydrogen (secondary N) is 1. The molecule has 2 aromatic rings. The molecule has 0 aliphatic rings. The Morgan fingerprint density at radius 2 is 2.00 bits per heavy atom. The average molecular weight is 327 g/mol. The lowest BCUT2D eigenvalue weighted by atomic mass is 10.2. The van der Waals surface area contributed by atoms with E-state index in [4.69, 9.17) is 5.26 Å². The van der Waals surface area contributed by atoms with Crippen LogP contribution in [0.25, 0.3) is 6.08 Å². The number of rotatable bonds is 4. The maximum atomic E-state index is 11.9. The summed E-state index contributed by atoms with van der Waals surface area (Å²) in [5.74, 6) is -0.360. The number of hydrogen-bond acceptors (Lipinski definition) is 5. The standard InChI is InChI=1S/C16H13N3O3S/c1-10-11(2)23-16(14(10)9-17)18-15(20)8-5-12-3-6-13(7-4-12)19(21)22/h3-8H,1-2H3,(H,18,20)/b8-5+. The summed E-state index contributed by atoms with van der Waals surface area (Å²) < 4.78 is 0. The second kappa shape index (κ2) is 6.85. The predicted octanol–water partition coefficient (Wildman–Crippen LogP) is 3.80. The molecule has 0 aliphatic carbocycles. The van der Waals surface area contributed by atoms with E-state index in [1.54, 1.807) is 18.2 Å². The van der Waals surface area contributed by atoms with E-state index in [-0.39, 0.29) is 11.6 Å². The summed E-state index contributed by atoms with van der Waals surface area (Å²) in [4.78, 5) is 23.0. The fraction of sp³-hybridized carbons (Fsp3) is 0.125. The molecule has 0 atom stereocenters. The van der Waals surface area contributed by atoms with Crippen LogP contribution in [0.1, 0.15) is 21.6 Å². The SMILES string of the molecule is Cc1sc(NC(=O)/C=C/c2ccc([N+](=O)[O-])cc2)c(C#N)c1C. The van der Waals surface area contributed by atoms with Crippen LogP contribution in [-0.4, -0.2) is 10.8 Å². The molecule has 1 aromatic heterocycles. The zero-order valence-corrected chi connectivity index (χ0v) is 13.3. The maximum absolute atomic E-state index is 11.9. The number of carbonyl (C=O) groups excluding carboxylic acids is 1. The van der Waals surface area contributed by atoms with Crippen LogP contribution < -0.4 is 5.32 Å². The van der Waals surface area contributed by atoms with Gasteiger partial charge in [0.1, 0.15) is 11.1 Å². The summed E-state index contributed by atoms with van der Waals surface area (Å²) in [6.45, 7) is 3.73. The van der Waals surface area contributed by atoms with Crippen molar-refractivity contribution in [2.75, 3.05) is 5.32 Å². The Morgan fingerprint density at radius 1 is 1.35 bits per heavy atom. The molecule has 1 N–H and O–H groups in total. The molecule has 0 saturated carbocycles. The summed E-state index contributed by atoms with van der Waals surface area (Å²) >= 11 is 1.36. The zero-order chi connectivity index (χ0) is 17.0. The van der Waals surface area contributed by atoms with Gasteiger partial charge in [-0.05, 0) is 43.2 Å². The van der Waals surface area contributed by atoms with Crippen molar-refractivity contribution in [2.45, 2.75) is 13.8 Å². The van der Waals surface area contributed by atoms with Crippen LogP contribution in [0, 0.1) is 35.3 Å². The van der Waals surface area contributed by atoms with E-state index in [1.165, 1.54) is 29.5 Å². The highest BCUT2D eigenvalue weighted by atomic mass is 32.1. The molecule has 0 fully saturated rings. The first kappa shape index (κ1) is 16.4. The van der Waals surface area contributed by atoms with Gasteiger partial charge in [0.15, 0.2) is 0 Å². The summed E-state index contributed by atoms with van der Waals surface area (Å²) in [7, 11) is 0. The molecule has 23 heavy (non-hydrogen) atoms. The number of nitro benzene ring substituents is 1. The normalized spacial score (nSPS) is 10.5. The zero-order valence-electron chi connectivity index (χ0n) is 12.5. The Labute approximate surface area is 136 Å². The molecule has 1 amide bonds. The number of aryl methyl sites for hydroxylation is 1. The number of hydrogen-bond donors (Lipinski definition) is 1. The van der Waals surface area contributed by atoms with Gasteiger partial charge in [-0.15, -0.1) is 11.3 Å². The molecule has 0 spiro atoms. The van der Waals surface area contributed by atoms with Crippen LogP contribution in [0.3, 0.4) is 0 Å².